The fourth-order valence-electron chi connectivity index (χ4n) is 1.04. The molecule has 2 N–H and O–H groups in total. The summed E-state index contributed by atoms with van der Waals surface area (Å²) in [4.78, 5) is 24.9. The zero-order chi connectivity index (χ0) is 14.5. The van der Waals surface area contributed by atoms with Gasteiger partial charge in [0.15, 0.2) is 0 Å². The minimum absolute atomic E-state index is 0.0521. The summed E-state index contributed by atoms with van der Waals surface area (Å²) in [5.41, 5.74) is -0.0686. The van der Waals surface area contributed by atoms with E-state index in [0.29, 0.717) is 0 Å². The third-order valence-electron chi connectivity index (χ3n) is 1.87. The van der Waals surface area contributed by atoms with Gasteiger partial charge in [0, 0.05) is 12.4 Å². The van der Waals surface area contributed by atoms with E-state index in [2.05, 4.69) is 16.8 Å². The summed E-state index contributed by atoms with van der Waals surface area (Å²) in [7, 11) is 0. The van der Waals surface area contributed by atoms with E-state index in [1.54, 1.807) is 0 Å². The zero-order valence-corrected chi connectivity index (χ0v) is 9.28. The largest absolute Gasteiger partial charge is 0.478 e. The molecule has 0 bridgehead atoms. The molecule has 0 atom stereocenters. The molecule has 0 aliphatic carbocycles. The molecule has 0 aliphatic rings. The number of aromatic carboxylic acids is 1. The van der Waals surface area contributed by atoms with Crippen LogP contribution in [-0.4, -0.2) is 34.7 Å². The number of pyridine rings is 1. The Morgan fingerprint density at radius 1 is 1.42 bits per heavy atom. The molecule has 8 heteroatoms. The molecule has 0 saturated heterocycles. The molecule has 1 aromatic heterocycles. The maximum absolute atomic E-state index is 11.8. The Bertz CT molecular complexity index is 558. The zero-order valence-electron chi connectivity index (χ0n) is 9.28. The van der Waals surface area contributed by atoms with Gasteiger partial charge in [-0.25, -0.2) is 4.79 Å². The molecule has 1 rings (SSSR count). The average molecular weight is 272 g/mol. The third-order valence-corrected chi connectivity index (χ3v) is 1.87. The van der Waals surface area contributed by atoms with Crippen LogP contribution in [0, 0.1) is 11.8 Å². The number of hydrogen-bond acceptors (Lipinski definition) is 3. The Hall–Kier alpha value is -2.56. The van der Waals surface area contributed by atoms with Crippen molar-refractivity contribution < 1.29 is 27.9 Å². The monoisotopic (exact) mass is 272 g/mol. The van der Waals surface area contributed by atoms with Gasteiger partial charge in [-0.3, -0.25) is 9.78 Å². The summed E-state index contributed by atoms with van der Waals surface area (Å²) in [5.74, 6) is 1.20. The molecule has 1 aromatic rings. The van der Waals surface area contributed by atoms with Crippen LogP contribution in [-0.2, 0) is 4.79 Å². The second-order valence-corrected chi connectivity index (χ2v) is 3.21. The van der Waals surface area contributed by atoms with Gasteiger partial charge in [0.05, 0.1) is 17.7 Å². The number of rotatable bonds is 2. The van der Waals surface area contributed by atoms with E-state index >= 15 is 0 Å². The Kier molecular flexibility index (Phi) is 4.47. The summed E-state index contributed by atoms with van der Waals surface area (Å²) in [6.45, 7) is -0.549. The molecule has 5 nitrogen and oxygen atoms in total. The van der Waals surface area contributed by atoms with Crippen LogP contribution in [0.1, 0.15) is 15.9 Å². The van der Waals surface area contributed by atoms with E-state index in [4.69, 9.17) is 5.11 Å². The van der Waals surface area contributed by atoms with Crippen LogP contribution in [0.5, 0.6) is 0 Å². The molecule has 0 aliphatic heterocycles. The Balaban J connectivity index is 2.70. The van der Waals surface area contributed by atoms with Crippen molar-refractivity contribution in [3.63, 3.8) is 0 Å². The molecule has 0 saturated carbocycles. The standard InChI is InChI=1S/C11H7F3N2O3/c12-11(13,14)10(19)16-4-1-2-7-6-15-5-3-8(7)9(17)18/h3,5-6H,4H2,(H,16,19)(H,17,18). The molecule has 19 heavy (non-hydrogen) atoms. The molecule has 1 heterocycles. The van der Waals surface area contributed by atoms with Crippen molar-refractivity contribution in [1.82, 2.24) is 10.3 Å². The van der Waals surface area contributed by atoms with Crippen LogP contribution in [0.4, 0.5) is 13.2 Å². The molecular formula is C11H7F3N2O3. The first-order chi connectivity index (χ1) is 8.82. The number of hydrogen-bond donors (Lipinski definition) is 2. The number of nitrogens with zero attached hydrogens (tertiary/aromatic N) is 1. The summed E-state index contributed by atoms with van der Waals surface area (Å²) in [6.07, 6.45) is -2.55. The van der Waals surface area contributed by atoms with Crippen molar-refractivity contribution in [3.05, 3.63) is 29.6 Å². The lowest BCUT2D eigenvalue weighted by Gasteiger charge is -2.03. The minimum Gasteiger partial charge on any atom is -0.478 e. The minimum atomic E-state index is -4.97. The lowest BCUT2D eigenvalue weighted by atomic mass is 10.1. The maximum Gasteiger partial charge on any atom is 0.471 e. The third kappa shape index (κ3) is 4.31. The summed E-state index contributed by atoms with van der Waals surface area (Å²) in [5, 5.41) is 10.3. The SMILES string of the molecule is O=C(O)c1ccncc1C#CCNC(=O)C(F)(F)F. The van der Waals surface area contributed by atoms with Crippen LogP contribution < -0.4 is 5.32 Å². The van der Waals surface area contributed by atoms with Gasteiger partial charge in [-0.15, -0.1) is 0 Å². The highest BCUT2D eigenvalue weighted by atomic mass is 19.4. The van der Waals surface area contributed by atoms with Crippen LogP contribution in [0.15, 0.2) is 18.5 Å². The van der Waals surface area contributed by atoms with E-state index in [0.717, 1.165) is 0 Å². The number of nitrogens with one attached hydrogen (secondary N) is 1. The van der Waals surface area contributed by atoms with Crippen LogP contribution in [0.25, 0.3) is 0 Å². The van der Waals surface area contributed by atoms with Gasteiger partial charge in [-0.2, -0.15) is 13.2 Å². The summed E-state index contributed by atoms with van der Waals surface area (Å²) >= 11 is 0. The molecule has 0 aromatic carbocycles. The lowest BCUT2D eigenvalue weighted by Crippen LogP contribution is -2.36. The van der Waals surface area contributed by atoms with Crippen molar-refractivity contribution in [3.8, 4) is 11.8 Å². The predicted molar refractivity (Wildman–Crippen MR) is 57.1 cm³/mol. The van der Waals surface area contributed by atoms with E-state index in [9.17, 15) is 22.8 Å². The number of carboxylic acids is 1. The number of aromatic nitrogens is 1. The number of carbonyl (C=O) groups excluding carboxylic acids is 1. The molecule has 100 valence electrons. The van der Waals surface area contributed by atoms with Gasteiger partial charge < -0.3 is 10.4 Å². The summed E-state index contributed by atoms with van der Waals surface area (Å²) < 4.78 is 35.5. The molecular weight excluding hydrogens is 265 g/mol. The number of carbonyl (C=O) groups is 2. The van der Waals surface area contributed by atoms with Gasteiger partial charge >= 0.3 is 18.1 Å². The molecule has 0 unspecified atom stereocenters. The number of alkyl halides is 3. The highest BCUT2D eigenvalue weighted by Gasteiger charge is 2.38. The predicted octanol–water partition coefficient (Wildman–Crippen LogP) is 0.810. The molecule has 0 radical (unpaired) electrons. The normalized spacial score (nSPS) is 10.3. The number of amides is 1. The van der Waals surface area contributed by atoms with E-state index in [1.165, 1.54) is 23.8 Å². The molecule has 0 fully saturated rings. The van der Waals surface area contributed by atoms with Gasteiger partial charge in [0.2, 0.25) is 0 Å². The Morgan fingerprint density at radius 3 is 2.68 bits per heavy atom. The summed E-state index contributed by atoms with van der Waals surface area (Å²) in [6, 6.07) is 1.21. The van der Waals surface area contributed by atoms with Crippen molar-refractivity contribution in [2.24, 2.45) is 0 Å². The van der Waals surface area contributed by atoms with Gasteiger partial charge in [0.25, 0.3) is 0 Å². The number of halogens is 3. The van der Waals surface area contributed by atoms with Gasteiger partial charge in [-0.1, -0.05) is 11.8 Å². The van der Waals surface area contributed by atoms with Crippen molar-refractivity contribution >= 4 is 11.9 Å². The Labute approximate surface area is 105 Å². The molecule has 1 amide bonds. The first kappa shape index (κ1) is 14.5. The average Bonchev–Trinajstić information content (AvgIpc) is 2.33. The second-order valence-electron chi connectivity index (χ2n) is 3.21. The fraction of sp³-hybridized carbons (Fsp3) is 0.182. The lowest BCUT2D eigenvalue weighted by molar-refractivity contribution is -0.173. The Morgan fingerprint density at radius 2 is 2.11 bits per heavy atom. The quantitative estimate of drug-likeness (QED) is 0.781. The fourth-order valence-corrected chi connectivity index (χ4v) is 1.04. The topological polar surface area (TPSA) is 79.3 Å². The highest BCUT2D eigenvalue weighted by molar-refractivity contribution is 5.90. The van der Waals surface area contributed by atoms with E-state index in [1.807, 2.05) is 0 Å². The first-order valence-electron chi connectivity index (χ1n) is 4.83. The second kappa shape index (κ2) is 5.86. The van der Waals surface area contributed by atoms with Crippen LogP contribution >= 0.6 is 0 Å². The van der Waals surface area contributed by atoms with Crippen LogP contribution in [0.2, 0.25) is 0 Å². The maximum atomic E-state index is 11.8. The first-order valence-corrected chi connectivity index (χ1v) is 4.83. The van der Waals surface area contributed by atoms with Gasteiger partial charge in [-0.05, 0) is 6.07 Å². The van der Waals surface area contributed by atoms with Crippen molar-refractivity contribution in [1.29, 1.82) is 0 Å². The van der Waals surface area contributed by atoms with Gasteiger partial charge in [0.1, 0.15) is 0 Å². The van der Waals surface area contributed by atoms with E-state index in [-0.39, 0.29) is 11.1 Å². The van der Waals surface area contributed by atoms with Crippen LogP contribution in [0.3, 0.4) is 0 Å². The van der Waals surface area contributed by atoms with Crippen molar-refractivity contribution in [2.75, 3.05) is 6.54 Å². The van der Waals surface area contributed by atoms with Crippen molar-refractivity contribution in [2.45, 2.75) is 6.18 Å². The molecule has 0 spiro atoms. The highest BCUT2D eigenvalue weighted by Crippen LogP contribution is 2.13. The van der Waals surface area contributed by atoms with E-state index < -0.39 is 24.6 Å². The smallest absolute Gasteiger partial charge is 0.471 e. The number of carboxylic acid groups (broad SMARTS) is 1.